The highest BCUT2D eigenvalue weighted by atomic mass is 32.2. The first-order valence-corrected chi connectivity index (χ1v) is 8.45. The van der Waals surface area contributed by atoms with Gasteiger partial charge in [0.2, 0.25) is 0 Å². The van der Waals surface area contributed by atoms with E-state index in [0.29, 0.717) is 18.2 Å². The van der Waals surface area contributed by atoms with Gasteiger partial charge in [0.05, 0.1) is 11.5 Å². The fourth-order valence-corrected chi connectivity index (χ4v) is 3.56. The van der Waals surface area contributed by atoms with Crippen molar-refractivity contribution in [1.82, 2.24) is 5.32 Å². The highest BCUT2D eigenvalue weighted by molar-refractivity contribution is 7.91. The molecule has 1 aliphatic heterocycles. The summed E-state index contributed by atoms with van der Waals surface area (Å²) in [5.41, 5.74) is 1.20. The minimum atomic E-state index is -2.86. The highest BCUT2D eigenvalue weighted by Crippen LogP contribution is 2.14. The second-order valence-corrected chi connectivity index (χ2v) is 7.24. The summed E-state index contributed by atoms with van der Waals surface area (Å²) in [6, 6.07) is 0.550. The van der Waals surface area contributed by atoms with Gasteiger partial charge in [-0.1, -0.05) is 25.0 Å². The second kappa shape index (κ2) is 7.17. The Bertz CT molecular complexity index is 340. The van der Waals surface area contributed by atoms with E-state index >= 15 is 0 Å². The monoisotopic (exact) mass is 259 g/mol. The van der Waals surface area contributed by atoms with Gasteiger partial charge in [-0.15, -0.1) is 0 Å². The predicted molar refractivity (Wildman–Crippen MR) is 73.0 cm³/mol. The van der Waals surface area contributed by atoms with Crippen LogP contribution >= 0.6 is 0 Å². The minimum absolute atomic E-state index is 0.208. The quantitative estimate of drug-likeness (QED) is 0.744. The normalized spacial score (nSPS) is 22.7. The first kappa shape index (κ1) is 14.7. The van der Waals surface area contributed by atoms with Crippen molar-refractivity contribution in [3.05, 3.63) is 11.6 Å². The molecule has 17 heavy (non-hydrogen) atoms. The van der Waals surface area contributed by atoms with E-state index in [1.165, 1.54) is 24.8 Å². The molecule has 0 amide bonds. The SMILES string of the molecule is CCCS(=O)(=O)C/C=C(/C)CC1CCCCN1. The van der Waals surface area contributed by atoms with Crippen molar-refractivity contribution in [2.24, 2.45) is 0 Å². The van der Waals surface area contributed by atoms with E-state index in [9.17, 15) is 8.42 Å². The molecule has 0 spiro atoms. The molecule has 1 unspecified atom stereocenters. The van der Waals surface area contributed by atoms with Crippen LogP contribution in [-0.4, -0.2) is 32.5 Å². The Balaban J connectivity index is 2.38. The molecular formula is C13H25NO2S. The van der Waals surface area contributed by atoms with Crippen LogP contribution in [-0.2, 0) is 9.84 Å². The van der Waals surface area contributed by atoms with E-state index in [-0.39, 0.29) is 5.75 Å². The van der Waals surface area contributed by atoms with Gasteiger partial charge in [0.25, 0.3) is 0 Å². The lowest BCUT2D eigenvalue weighted by atomic mass is 9.98. The van der Waals surface area contributed by atoms with Crippen LogP contribution in [0.15, 0.2) is 11.6 Å². The molecule has 1 aliphatic rings. The van der Waals surface area contributed by atoms with Gasteiger partial charge in [-0.3, -0.25) is 0 Å². The number of hydrogen-bond donors (Lipinski definition) is 1. The van der Waals surface area contributed by atoms with Crippen LogP contribution < -0.4 is 5.32 Å². The molecule has 1 fully saturated rings. The third kappa shape index (κ3) is 6.22. The summed E-state index contributed by atoms with van der Waals surface area (Å²) in [5, 5.41) is 3.48. The van der Waals surface area contributed by atoms with E-state index in [1.807, 2.05) is 19.9 Å². The fraction of sp³-hybridized carbons (Fsp3) is 0.846. The Labute approximate surface area is 106 Å². The van der Waals surface area contributed by atoms with Gasteiger partial charge in [-0.2, -0.15) is 0 Å². The smallest absolute Gasteiger partial charge is 0.153 e. The zero-order valence-electron chi connectivity index (χ0n) is 11.0. The standard InChI is InChI=1S/C13H25NO2S/c1-3-9-17(15,16)10-7-12(2)11-13-6-4-5-8-14-13/h7,13-14H,3-6,8-11H2,1-2H3/b12-7-. The maximum absolute atomic E-state index is 11.6. The summed E-state index contributed by atoms with van der Waals surface area (Å²) < 4.78 is 23.1. The fourth-order valence-electron chi connectivity index (χ4n) is 2.23. The third-order valence-corrected chi connectivity index (χ3v) is 4.89. The Morgan fingerprint density at radius 2 is 2.18 bits per heavy atom. The van der Waals surface area contributed by atoms with Crippen LogP contribution in [0, 0.1) is 0 Å². The molecular weight excluding hydrogens is 234 g/mol. The van der Waals surface area contributed by atoms with E-state index in [4.69, 9.17) is 0 Å². The summed E-state index contributed by atoms with van der Waals surface area (Å²) >= 11 is 0. The van der Waals surface area contributed by atoms with Crippen molar-refractivity contribution < 1.29 is 8.42 Å². The first-order chi connectivity index (χ1) is 8.03. The van der Waals surface area contributed by atoms with Gasteiger partial charge in [-0.05, 0) is 39.2 Å². The van der Waals surface area contributed by atoms with Gasteiger partial charge < -0.3 is 5.32 Å². The number of sulfone groups is 1. The molecule has 1 saturated heterocycles. The molecule has 1 N–H and O–H groups in total. The van der Waals surface area contributed by atoms with Crippen molar-refractivity contribution in [3.63, 3.8) is 0 Å². The van der Waals surface area contributed by atoms with Crippen molar-refractivity contribution in [2.45, 2.75) is 52.0 Å². The minimum Gasteiger partial charge on any atom is -0.314 e. The van der Waals surface area contributed by atoms with Gasteiger partial charge in [0.1, 0.15) is 0 Å². The summed E-state index contributed by atoms with van der Waals surface area (Å²) in [6.45, 7) is 5.05. The summed E-state index contributed by atoms with van der Waals surface area (Å²) in [6.07, 6.45) is 7.36. The lowest BCUT2D eigenvalue weighted by Crippen LogP contribution is -2.34. The molecule has 1 atom stereocenters. The number of piperidine rings is 1. The molecule has 0 aromatic carbocycles. The number of hydrogen-bond acceptors (Lipinski definition) is 3. The van der Waals surface area contributed by atoms with Crippen LogP contribution in [0.3, 0.4) is 0 Å². The first-order valence-electron chi connectivity index (χ1n) is 6.63. The average Bonchev–Trinajstić information content (AvgIpc) is 2.28. The van der Waals surface area contributed by atoms with Crippen LogP contribution in [0.25, 0.3) is 0 Å². The number of rotatable bonds is 6. The molecule has 0 saturated carbocycles. The predicted octanol–water partition coefficient (Wildman–Crippen LogP) is 2.29. The molecule has 0 aromatic heterocycles. The van der Waals surface area contributed by atoms with Gasteiger partial charge >= 0.3 is 0 Å². The molecule has 3 nitrogen and oxygen atoms in total. The molecule has 0 radical (unpaired) electrons. The zero-order valence-corrected chi connectivity index (χ0v) is 11.9. The Hall–Kier alpha value is -0.350. The molecule has 0 aliphatic carbocycles. The molecule has 1 heterocycles. The Morgan fingerprint density at radius 3 is 2.76 bits per heavy atom. The largest absolute Gasteiger partial charge is 0.314 e. The average molecular weight is 259 g/mol. The Kier molecular flexibility index (Phi) is 6.20. The van der Waals surface area contributed by atoms with Crippen molar-refractivity contribution in [3.8, 4) is 0 Å². The highest BCUT2D eigenvalue weighted by Gasteiger charge is 2.13. The maximum atomic E-state index is 11.6. The molecule has 100 valence electrons. The summed E-state index contributed by atoms with van der Waals surface area (Å²) in [5.74, 6) is 0.512. The van der Waals surface area contributed by atoms with Crippen LogP contribution in [0.1, 0.15) is 46.0 Å². The zero-order chi connectivity index (χ0) is 12.7. The maximum Gasteiger partial charge on any atom is 0.153 e. The Morgan fingerprint density at radius 1 is 1.41 bits per heavy atom. The van der Waals surface area contributed by atoms with Gasteiger partial charge in [-0.25, -0.2) is 8.42 Å². The van der Waals surface area contributed by atoms with Crippen LogP contribution in [0.2, 0.25) is 0 Å². The molecule has 4 heteroatoms. The van der Waals surface area contributed by atoms with E-state index < -0.39 is 9.84 Å². The molecule has 0 aromatic rings. The van der Waals surface area contributed by atoms with E-state index in [1.54, 1.807) is 0 Å². The van der Waals surface area contributed by atoms with E-state index in [2.05, 4.69) is 5.32 Å². The van der Waals surface area contributed by atoms with Crippen molar-refractivity contribution in [2.75, 3.05) is 18.1 Å². The lowest BCUT2D eigenvalue weighted by Gasteiger charge is -2.23. The van der Waals surface area contributed by atoms with Crippen molar-refractivity contribution in [1.29, 1.82) is 0 Å². The van der Waals surface area contributed by atoms with Gasteiger partial charge in [0.15, 0.2) is 9.84 Å². The molecule has 0 bridgehead atoms. The number of nitrogens with one attached hydrogen (secondary N) is 1. The third-order valence-electron chi connectivity index (χ3n) is 3.18. The van der Waals surface area contributed by atoms with E-state index in [0.717, 1.165) is 13.0 Å². The van der Waals surface area contributed by atoms with Gasteiger partial charge in [0, 0.05) is 6.04 Å². The van der Waals surface area contributed by atoms with Crippen molar-refractivity contribution >= 4 is 9.84 Å². The van der Waals surface area contributed by atoms with Crippen LogP contribution in [0.4, 0.5) is 0 Å². The lowest BCUT2D eigenvalue weighted by molar-refractivity contribution is 0.398. The second-order valence-electron chi connectivity index (χ2n) is 5.02. The topological polar surface area (TPSA) is 46.2 Å². The summed E-state index contributed by atoms with van der Waals surface area (Å²) in [4.78, 5) is 0. The van der Waals surface area contributed by atoms with Crippen LogP contribution in [0.5, 0.6) is 0 Å². The summed E-state index contributed by atoms with van der Waals surface area (Å²) in [7, 11) is -2.86. The molecule has 1 rings (SSSR count).